The topological polar surface area (TPSA) is 73.7 Å². The lowest BCUT2D eigenvalue weighted by molar-refractivity contribution is 0.0697. The maximum Gasteiger partial charge on any atom is 0.336 e. The number of carboxylic acids is 1. The van der Waals surface area contributed by atoms with E-state index in [1.807, 2.05) is 18.2 Å². The zero-order valence-electron chi connectivity index (χ0n) is 12.1. The minimum atomic E-state index is -0.939. The lowest BCUT2D eigenvalue weighted by Crippen LogP contribution is -2.21. The van der Waals surface area contributed by atoms with E-state index < -0.39 is 5.97 Å². The molecule has 0 amide bonds. The van der Waals surface area contributed by atoms with E-state index in [9.17, 15) is 15.0 Å². The van der Waals surface area contributed by atoms with E-state index in [0.717, 1.165) is 24.2 Å². The van der Waals surface area contributed by atoms with Crippen LogP contribution in [0.4, 0.5) is 0 Å². The number of pyridine rings is 1. The number of aliphatic hydroxyl groups excluding tert-OH is 1. The second-order valence-electron chi connectivity index (χ2n) is 5.57. The van der Waals surface area contributed by atoms with Crippen LogP contribution in [0, 0.1) is 0 Å². The number of rotatable bonds is 4. The number of hydrogen-bond acceptors (Lipinski definition) is 4. The predicted molar refractivity (Wildman–Crippen MR) is 82.5 cm³/mol. The molecular formula is C17H18N2O3. The van der Waals surface area contributed by atoms with E-state index in [0.29, 0.717) is 18.7 Å². The molecule has 0 spiro atoms. The van der Waals surface area contributed by atoms with Crippen molar-refractivity contribution in [3.8, 4) is 11.1 Å². The second-order valence-corrected chi connectivity index (χ2v) is 5.57. The number of hydrogen-bond donors (Lipinski definition) is 2. The van der Waals surface area contributed by atoms with E-state index in [1.165, 1.54) is 0 Å². The summed E-state index contributed by atoms with van der Waals surface area (Å²) in [6.45, 7) is 2.27. The largest absolute Gasteiger partial charge is 0.478 e. The van der Waals surface area contributed by atoms with Crippen LogP contribution in [0.1, 0.15) is 22.5 Å². The summed E-state index contributed by atoms with van der Waals surface area (Å²) in [5.41, 5.74) is 2.67. The van der Waals surface area contributed by atoms with Gasteiger partial charge in [0.2, 0.25) is 0 Å². The summed E-state index contributed by atoms with van der Waals surface area (Å²) < 4.78 is 0. The monoisotopic (exact) mass is 298 g/mol. The highest BCUT2D eigenvalue weighted by atomic mass is 16.4. The van der Waals surface area contributed by atoms with Gasteiger partial charge in [0.05, 0.1) is 17.4 Å². The van der Waals surface area contributed by atoms with E-state index >= 15 is 0 Å². The first-order valence-corrected chi connectivity index (χ1v) is 7.31. The number of aromatic carboxylic acids is 1. The fraction of sp³-hybridized carbons (Fsp3) is 0.294. The van der Waals surface area contributed by atoms with Crippen molar-refractivity contribution in [2.75, 3.05) is 13.1 Å². The first-order valence-electron chi connectivity index (χ1n) is 7.31. The lowest BCUT2D eigenvalue weighted by atomic mass is 10.0. The number of β-amino-alcohol motifs (C(OH)–C–C–N with tert-alkyl or cyclic N) is 1. The van der Waals surface area contributed by atoms with E-state index in [1.54, 1.807) is 24.4 Å². The molecule has 2 heterocycles. The van der Waals surface area contributed by atoms with Gasteiger partial charge in [0, 0.05) is 31.4 Å². The molecule has 22 heavy (non-hydrogen) atoms. The number of likely N-dealkylation sites (tertiary alicyclic amines) is 1. The average Bonchev–Trinajstić information content (AvgIpc) is 2.93. The van der Waals surface area contributed by atoms with Gasteiger partial charge in [-0.15, -0.1) is 0 Å². The molecule has 5 heteroatoms. The molecule has 0 bridgehead atoms. The minimum absolute atomic E-state index is 0.235. The van der Waals surface area contributed by atoms with Crippen LogP contribution in [0.5, 0.6) is 0 Å². The molecule has 0 unspecified atom stereocenters. The number of aliphatic hydroxyl groups is 1. The molecule has 114 valence electrons. The summed E-state index contributed by atoms with van der Waals surface area (Å²) in [7, 11) is 0. The van der Waals surface area contributed by atoms with Gasteiger partial charge in [0.25, 0.3) is 0 Å². The van der Waals surface area contributed by atoms with Crippen molar-refractivity contribution >= 4 is 5.97 Å². The second kappa shape index (κ2) is 6.25. The normalized spacial score (nSPS) is 18.5. The molecule has 0 aliphatic carbocycles. The van der Waals surface area contributed by atoms with Crippen LogP contribution in [0.2, 0.25) is 0 Å². The molecule has 2 aromatic rings. The third-order valence-electron chi connectivity index (χ3n) is 3.93. The molecule has 0 radical (unpaired) electrons. The van der Waals surface area contributed by atoms with Crippen LogP contribution in [0.25, 0.3) is 11.1 Å². The van der Waals surface area contributed by atoms with Gasteiger partial charge in [0.1, 0.15) is 0 Å². The molecule has 5 nitrogen and oxygen atoms in total. The molecule has 1 aliphatic rings. The molecule has 0 saturated carbocycles. The Hall–Kier alpha value is -2.24. The number of aromatic nitrogens is 1. The van der Waals surface area contributed by atoms with E-state index in [2.05, 4.69) is 9.88 Å². The van der Waals surface area contributed by atoms with Crippen molar-refractivity contribution in [3.63, 3.8) is 0 Å². The summed E-state index contributed by atoms with van der Waals surface area (Å²) in [4.78, 5) is 17.9. The quantitative estimate of drug-likeness (QED) is 0.903. The molecule has 1 saturated heterocycles. The molecule has 3 rings (SSSR count). The molecule has 1 fully saturated rings. The molecule has 1 aromatic heterocycles. The van der Waals surface area contributed by atoms with Crippen molar-refractivity contribution in [2.24, 2.45) is 0 Å². The summed E-state index contributed by atoms with van der Waals surface area (Å²) in [5.74, 6) is -0.939. The fourth-order valence-electron chi connectivity index (χ4n) is 2.78. The molecule has 1 atom stereocenters. The Morgan fingerprint density at radius 1 is 1.27 bits per heavy atom. The summed E-state index contributed by atoms with van der Waals surface area (Å²) in [6.07, 6.45) is 2.29. The fourth-order valence-corrected chi connectivity index (χ4v) is 2.78. The highest BCUT2D eigenvalue weighted by Gasteiger charge is 2.20. The summed E-state index contributed by atoms with van der Waals surface area (Å²) in [5, 5.41) is 18.8. The number of nitrogens with zero attached hydrogens (tertiary/aromatic N) is 2. The lowest BCUT2D eigenvalue weighted by Gasteiger charge is -2.14. The van der Waals surface area contributed by atoms with Gasteiger partial charge in [-0.1, -0.05) is 24.3 Å². The Kier molecular flexibility index (Phi) is 4.18. The van der Waals surface area contributed by atoms with Crippen LogP contribution in [0.15, 0.2) is 42.6 Å². The summed E-state index contributed by atoms with van der Waals surface area (Å²) >= 11 is 0. The van der Waals surface area contributed by atoms with Gasteiger partial charge in [-0.05, 0) is 24.1 Å². The highest BCUT2D eigenvalue weighted by Crippen LogP contribution is 2.23. The van der Waals surface area contributed by atoms with Gasteiger partial charge < -0.3 is 10.2 Å². The van der Waals surface area contributed by atoms with Crippen LogP contribution in [-0.2, 0) is 6.54 Å². The van der Waals surface area contributed by atoms with Crippen LogP contribution in [0.3, 0.4) is 0 Å². The zero-order valence-corrected chi connectivity index (χ0v) is 12.1. The van der Waals surface area contributed by atoms with Crippen LogP contribution < -0.4 is 0 Å². The third-order valence-corrected chi connectivity index (χ3v) is 3.93. The van der Waals surface area contributed by atoms with Crippen molar-refractivity contribution in [2.45, 2.75) is 19.1 Å². The molecule has 2 N–H and O–H groups in total. The van der Waals surface area contributed by atoms with Gasteiger partial charge >= 0.3 is 5.97 Å². The molecule has 1 aromatic carbocycles. The number of carbonyl (C=O) groups is 1. The highest BCUT2D eigenvalue weighted by molar-refractivity contribution is 5.95. The summed E-state index contributed by atoms with van der Waals surface area (Å²) in [6, 6.07) is 10.7. The van der Waals surface area contributed by atoms with E-state index in [4.69, 9.17) is 0 Å². The van der Waals surface area contributed by atoms with Crippen molar-refractivity contribution in [1.29, 1.82) is 0 Å². The van der Waals surface area contributed by atoms with E-state index in [-0.39, 0.29) is 11.7 Å². The predicted octanol–water partition coefficient (Wildman–Crippen LogP) is 2.01. The van der Waals surface area contributed by atoms with Crippen molar-refractivity contribution < 1.29 is 15.0 Å². The zero-order chi connectivity index (χ0) is 15.5. The Morgan fingerprint density at radius 3 is 2.73 bits per heavy atom. The smallest absolute Gasteiger partial charge is 0.336 e. The van der Waals surface area contributed by atoms with Gasteiger partial charge in [-0.3, -0.25) is 9.88 Å². The first-order chi connectivity index (χ1) is 10.6. The molecule has 1 aliphatic heterocycles. The Bertz CT molecular complexity index is 670. The number of carboxylic acid groups (broad SMARTS) is 1. The SMILES string of the molecule is O=C(O)c1ccccc1-c1ccc(CN2CC[C@@H](O)C2)nc1. The maximum atomic E-state index is 11.3. The Labute approximate surface area is 128 Å². The van der Waals surface area contributed by atoms with Gasteiger partial charge in [-0.2, -0.15) is 0 Å². The number of benzene rings is 1. The Morgan fingerprint density at radius 2 is 2.09 bits per heavy atom. The van der Waals surface area contributed by atoms with Crippen LogP contribution in [-0.4, -0.2) is 45.3 Å². The standard InChI is InChI=1S/C17H18N2O3/c20-14-7-8-19(11-14)10-13-6-5-12(9-18-13)15-3-1-2-4-16(15)17(21)22/h1-6,9,14,20H,7-8,10-11H2,(H,21,22)/t14-/m1/s1. The Balaban J connectivity index is 1.78. The maximum absolute atomic E-state index is 11.3. The third kappa shape index (κ3) is 3.16. The van der Waals surface area contributed by atoms with Gasteiger partial charge in [-0.25, -0.2) is 4.79 Å². The molecular weight excluding hydrogens is 280 g/mol. The van der Waals surface area contributed by atoms with Crippen molar-refractivity contribution in [3.05, 3.63) is 53.9 Å². The van der Waals surface area contributed by atoms with Crippen LogP contribution >= 0.6 is 0 Å². The minimum Gasteiger partial charge on any atom is -0.478 e. The first kappa shape index (κ1) is 14.7. The average molecular weight is 298 g/mol. The van der Waals surface area contributed by atoms with Gasteiger partial charge in [0.15, 0.2) is 0 Å². The van der Waals surface area contributed by atoms with Crippen molar-refractivity contribution in [1.82, 2.24) is 9.88 Å².